The average molecular weight is 307 g/mol. The van der Waals surface area contributed by atoms with Gasteiger partial charge < -0.3 is 19.5 Å². The van der Waals surface area contributed by atoms with Crippen LogP contribution >= 0.6 is 0 Å². The van der Waals surface area contributed by atoms with Crippen LogP contribution in [0.1, 0.15) is 44.0 Å². The fourth-order valence-corrected chi connectivity index (χ4v) is 2.37. The van der Waals surface area contributed by atoms with Crippen molar-refractivity contribution < 1.29 is 19.0 Å². The van der Waals surface area contributed by atoms with Gasteiger partial charge in [0.25, 0.3) is 5.91 Å². The second-order valence-electron chi connectivity index (χ2n) is 6.05. The molecule has 1 aliphatic rings. The Balaban J connectivity index is 2.09. The molecule has 0 saturated carbocycles. The molecule has 1 aliphatic heterocycles. The molecule has 1 aromatic rings. The average Bonchev–Trinajstić information content (AvgIpc) is 2.51. The van der Waals surface area contributed by atoms with Gasteiger partial charge in [0.1, 0.15) is 13.2 Å². The summed E-state index contributed by atoms with van der Waals surface area (Å²) in [5, 5.41) is 3.02. The van der Waals surface area contributed by atoms with Crippen LogP contribution in [-0.4, -0.2) is 32.3 Å². The highest BCUT2D eigenvalue weighted by molar-refractivity contribution is 5.95. The molecule has 5 nitrogen and oxygen atoms in total. The zero-order valence-electron chi connectivity index (χ0n) is 13.8. The van der Waals surface area contributed by atoms with E-state index in [1.165, 1.54) is 0 Å². The third-order valence-electron chi connectivity index (χ3n) is 3.64. The number of hydrogen-bond donors (Lipinski definition) is 1. The standard InChI is InChI=1S/C17H25NO4/c1-11(2)5-6-12(3)18-17(19)13-9-14(20-4)16-15(10-13)21-7-8-22-16/h9-12H,5-8H2,1-4H3,(H,18,19)/t12-/m1/s1. The maximum absolute atomic E-state index is 12.4. The number of hydrogen-bond acceptors (Lipinski definition) is 4. The third kappa shape index (κ3) is 4.06. The molecule has 1 aromatic carbocycles. The van der Waals surface area contributed by atoms with E-state index in [2.05, 4.69) is 19.2 Å². The van der Waals surface area contributed by atoms with Crippen molar-refractivity contribution in [1.82, 2.24) is 5.32 Å². The van der Waals surface area contributed by atoms with Crippen LogP contribution in [0, 0.1) is 5.92 Å². The molecule has 0 spiro atoms. The predicted octanol–water partition coefficient (Wildman–Crippen LogP) is 3.02. The van der Waals surface area contributed by atoms with E-state index in [0.29, 0.717) is 41.9 Å². The summed E-state index contributed by atoms with van der Waals surface area (Å²) < 4.78 is 16.4. The first-order chi connectivity index (χ1) is 10.5. The van der Waals surface area contributed by atoms with Crippen LogP contribution in [0.2, 0.25) is 0 Å². The topological polar surface area (TPSA) is 56.8 Å². The molecule has 0 aromatic heterocycles. The van der Waals surface area contributed by atoms with Crippen LogP contribution in [-0.2, 0) is 0 Å². The maximum atomic E-state index is 12.4. The van der Waals surface area contributed by atoms with Crippen molar-refractivity contribution in [2.45, 2.75) is 39.7 Å². The summed E-state index contributed by atoms with van der Waals surface area (Å²) in [5.41, 5.74) is 0.525. The molecule has 22 heavy (non-hydrogen) atoms. The van der Waals surface area contributed by atoms with Crippen molar-refractivity contribution in [3.8, 4) is 17.2 Å². The summed E-state index contributed by atoms with van der Waals surface area (Å²) in [4.78, 5) is 12.4. The van der Waals surface area contributed by atoms with Crippen LogP contribution in [0.4, 0.5) is 0 Å². The number of methoxy groups -OCH3 is 1. The van der Waals surface area contributed by atoms with Gasteiger partial charge in [-0.2, -0.15) is 0 Å². The van der Waals surface area contributed by atoms with Gasteiger partial charge in [-0.15, -0.1) is 0 Å². The Hall–Kier alpha value is -1.91. The van der Waals surface area contributed by atoms with Crippen molar-refractivity contribution in [3.63, 3.8) is 0 Å². The molecule has 1 atom stereocenters. The molecule has 1 amide bonds. The monoisotopic (exact) mass is 307 g/mol. The lowest BCUT2D eigenvalue weighted by atomic mass is 10.0. The highest BCUT2D eigenvalue weighted by Crippen LogP contribution is 2.40. The van der Waals surface area contributed by atoms with Crippen molar-refractivity contribution in [3.05, 3.63) is 17.7 Å². The van der Waals surface area contributed by atoms with Gasteiger partial charge in [0, 0.05) is 11.6 Å². The third-order valence-corrected chi connectivity index (χ3v) is 3.64. The lowest BCUT2D eigenvalue weighted by Crippen LogP contribution is -2.32. The molecule has 0 bridgehead atoms. The van der Waals surface area contributed by atoms with E-state index in [9.17, 15) is 4.79 Å². The van der Waals surface area contributed by atoms with Gasteiger partial charge in [-0.1, -0.05) is 13.8 Å². The molecule has 0 radical (unpaired) electrons. The number of carbonyl (C=O) groups excluding carboxylic acids is 1. The molecular weight excluding hydrogens is 282 g/mol. The van der Waals surface area contributed by atoms with E-state index >= 15 is 0 Å². The first kappa shape index (κ1) is 16.5. The molecule has 122 valence electrons. The van der Waals surface area contributed by atoms with Gasteiger partial charge in [0.15, 0.2) is 11.5 Å². The fraction of sp³-hybridized carbons (Fsp3) is 0.588. The quantitative estimate of drug-likeness (QED) is 0.877. The molecule has 0 aliphatic carbocycles. The van der Waals surface area contributed by atoms with E-state index in [1.54, 1.807) is 19.2 Å². The summed E-state index contributed by atoms with van der Waals surface area (Å²) in [7, 11) is 1.56. The Morgan fingerprint density at radius 3 is 2.64 bits per heavy atom. The van der Waals surface area contributed by atoms with Gasteiger partial charge in [0.05, 0.1) is 7.11 Å². The van der Waals surface area contributed by atoms with Crippen LogP contribution in [0.15, 0.2) is 12.1 Å². The van der Waals surface area contributed by atoms with Gasteiger partial charge in [-0.05, 0) is 37.8 Å². The lowest BCUT2D eigenvalue weighted by Gasteiger charge is -2.22. The molecule has 2 rings (SSSR count). The highest BCUT2D eigenvalue weighted by Gasteiger charge is 2.21. The Morgan fingerprint density at radius 2 is 1.95 bits per heavy atom. The zero-order valence-corrected chi connectivity index (χ0v) is 13.8. The normalized spacial score (nSPS) is 14.6. The van der Waals surface area contributed by atoms with Crippen LogP contribution in [0.5, 0.6) is 17.2 Å². The van der Waals surface area contributed by atoms with Crippen LogP contribution in [0.25, 0.3) is 0 Å². The van der Waals surface area contributed by atoms with Gasteiger partial charge in [0.2, 0.25) is 5.75 Å². The minimum absolute atomic E-state index is 0.119. The van der Waals surface area contributed by atoms with Gasteiger partial charge in [-0.25, -0.2) is 0 Å². The SMILES string of the molecule is COc1cc(C(=O)N[C@H](C)CCC(C)C)cc2c1OCCO2. The second-order valence-corrected chi connectivity index (χ2v) is 6.05. The summed E-state index contributed by atoms with van der Waals surface area (Å²) in [6.45, 7) is 7.35. The molecule has 1 N–H and O–H groups in total. The smallest absolute Gasteiger partial charge is 0.251 e. The number of nitrogens with one attached hydrogen (secondary N) is 1. The van der Waals surface area contributed by atoms with Gasteiger partial charge in [-0.3, -0.25) is 4.79 Å². The Bertz CT molecular complexity index is 510. The number of benzene rings is 1. The Morgan fingerprint density at radius 1 is 1.23 bits per heavy atom. The number of rotatable bonds is 6. The summed E-state index contributed by atoms with van der Waals surface area (Å²) in [6, 6.07) is 3.54. The minimum atomic E-state index is -0.119. The zero-order chi connectivity index (χ0) is 16.1. The Labute approximate surface area is 131 Å². The largest absolute Gasteiger partial charge is 0.493 e. The van der Waals surface area contributed by atoms with Crippen LogP contribution in [0.3, 0.4) is 0 Å². The van der Waals surface area contributed by atoms with E-state index in [1.807, 2.05) is 6.92 Å². The van der Waals surface area contributed by atoms with E-state index in [0.717, 1.165) is 12.8 Å². The highest BCUT2D eigenvalue weighted by atomic mass is 16.6. The molecule has 5 heteroatoms. The lowest BCUT2D eigenvalue weighted by molar-refractivity contribution is 0.0935. The van der Waals surface area contributed by atoms with Crippen molar-refractivity contribution in [2.75, 3.05) is 20.3 Å². The van der Waals surface area contributed by atoms with E-state index in [-0.39, 0.29) is 11.9 Å². The summed E-state index contributed by atoms with van der Waals surface area (Å²) in [6.07, 6.45) is 2.05. The van der Waals surface area contributed by atoms with E-state index < -0.39 is 0 Å². The molecule has 0 fully saturated rings. The predicted molar refractivity (Wildman–Crippen MR) is 85.0 cm³/mol. The van der Waals surface area contributed by atoms with E-state index in [4.69, 9.17) is 14.2 Å². The molecule has 1 heterocycles. The van der Waals surface area contributed by atoms with Crippen molar-refractivity contribution >= 4 is 5.91 Å². The first-order valence-electron chi connectivity index (χ1n) is 7.79. The number of ether oxygens (including phenoxy) is 3. The molecular formula is C17H25NO4. The second kappa shape index (κ2) is 7.38. The first-order valence-corrected chi connectivity index (χ1v) is 7.79. The van der Waals surface area contributed by atoms with Crippen molar-refractivity contribution in [2.24, 2.45) is 5.92 Å². The molecule has 0 saturated heterocycles. The fourth-order valence-electron chi connectivity index (χ4n) is 2.37. The minimum Gasteiger partial charge on any atom is -0.493 e. The number of carbonyl (C=O) groups is 1. The number of fused-ring (bicyclic) bond motifs is 1. The Kier molecular flexibility index (Phi) is 5.52. The number of amides is 1. The van der Waals surface area contributed by atoms with Crippen molar-refractivity contribution in [1.29, 1.82) is 0 Å². The molecule has 0 unspecified atom stereocenters. The van der Waals surface area contributed by atoms with Crippen LogP contribution < -0.4 is 19.5 Å². The maximum Gasteiger partial charge on any atom is 0.251 e. The van der Waals surface area contributed by atoms with Gasteiger partial charge >= 0.3 is 0 Å². The summed E-state index contributed by atoms with van der Waals surface area (Å²) in [5.74, 6) is 2.17. The summed E-state index contributed by atoms with van der Waals surface area (Å²) >= 11 is 0.